The van der Waals surface area contributed by atoms with Gasteiger partial charge in [-0.1, -0.05) is 36.4 Å². The van der Waals surface area contributed by atoms with Crippen LogP contribution >= 0.6 is 0 Å². The average molecular weight is 248 g/mol. The maximum atomic E-state index is 10.1. The lowest BCUT2D eigenvalue weighted by Gasteiger charge is -2.24. The Bertz CT molecular complexity index is 373. The van der Waals surface area contributed by atoms with Crippen molar-refractivity contribution in [3.05, 3.63) is 48.6 Å². The van der Waals surface area contributed by atoms with E-state index in [4.69, 9.17) is 4.74 Å². The fraction of sp³-hybridized carbons (Fsp3) is 0.467. The minimum absolute atomic E-state index is 0.111. The molecule has 2 N–H and O–H groups in total. The number of benzene rings is 1. The Labute approximate surface area is 108 Å². The standard InChI is InChI=1S/C15H20O3/c1-2-13(16)12(15(17)14-10-18-14)9-8-11-6-4-3-5-7-11/h2-7,12-17H,1,8-10H2/t12?,13?,14-,15?/m1/s1. The van der Waals surface area contributed by atoms with Crippen molar-refractivity contribution in [2.75, 3.05) is 6.61 Å². The largest absolute Gasteiger partial charge is 0.390 e. The van der Waals surface area contributed by atoms with Crippen LogP contribution in [0.4, 0.5) is 0 Å². The number of aliphatic hydroxyl groups excluding tert-OH is 2. The van der Waals surface area contributed by atoms with Crippen LogP contribution in [0.3, 0.4) is 0 Å². The predicted octanol–water partition coefficient (Wildman–Crippen LogP) is 1.54. The molecule has 1 aromatic rings. The van der Waals surface area contributed by atoms with E-state index in [1.165, 1.54) is 11.6 Å². The first-order valence-corrected chi connectivity index (χ1v) is 6.36. The van der Waals surface area contributed by atoms with E-state index in [1.54, 1.807) is 0 Å². The Morgan fingerprint density at radius 3 is 2.56 bits per heavy atom. The summed E-state index contributed by atoms with van der Waals surface area (Å²) in [6, 6.07) is 10.1. The molecule has 0 spiro atoms. The van der Waals surface area contributed by atoms with Gasteiger partial charge in [0.2, 0.25) is 0 Å². The van der Waals surface area contributed by atoms with Crippen LogP contribution in [0.2, 0.25) is 0 Å². The molecule has 0 bridgehead atoms. The summed E-state index contributed by atoms with van der Waals surface area (Å²) >= 11 is 0. The first-order valence-electron chi connectivity index (χ1n) is 6.36. The number of hydrogen-bond donors (Lipinski definition) is 2. The summed E-state index contributed by atoms with van der Waals surface area (Å²) in [5, 5.41) is 20.0. The lowest BCUT2D eigenvalue weighted by atomic mass is 9.88. The molecule has 0 amide bonds. The van der Waals surface area contributed by atoms with E-state index in [1.807, 2.05) is 18.2 Å². The van der Waals surface area contributed by atoms with Gasteiger partial charge in [-0.05, 0) is 18.4 Å². The molecule has 1 heterocycles. The quantitative estimate of drug-likeness (QED) is 0.568. The van der Waals surface area contributed by atoms with Crippen LogP contribution in [-0.4, -0.2) is 35.1 Å². The molecule has 1 aliphatic rings. The summed E-state index contributed by atoms with van der Waals surface area (Å²) in [5.74, 6) is -0.213. The molecule has 0 aromatic heterocycles. The van der Waals surface area contributed by atoms with Gasteiger partial charge in [0.05, 0.1) is 18.8 Å². The summed E-state index contributed by atoms with van der Waals surface area (Å²) in [6.45, 7) is 4.19. The number of aliphatic hydroxyl groups is 2. The van der Waals surface area contributed by atoms with Gasteiger partial charge in [-0.15, -0.1) is 6.58 Å². The predicted molar refractivity (Wildman–Crippen MR) is 70.2 cm³/mol. The van der Waals surface area contributed by atoms with Crippen LogP contribution in [0.25, 0.3) is 0 Å². The van der Waals surface area contributed by atoms with Crippen molar-refractivity contribution < 1.29 is 14.9 Å². The minimum atomic E-state index is -0.687. The van der Waals surface area contributed by atoms with Gasteiger partial charge in [0.25, 0.3) is 0 Å². The van der Waals surface area contributed by atoms with Gasteiger partial charge in [-0.25, -0.2) is 0 Å². The molecular weight excluding hydrogens is 228 g/mol. The summed E-state index contributed by atoms with van der Waals surface area (Å²) in [6.07, 6.45) is 1.63. The molecule has 18 heavy (non-hydrogen) atoms. The lowest BCUT2D eigenvalue weighted by molar-refractivity contribution is 0.0142. The zero-order chi connectivity index (χ0) is 13.0. The third-order valence-electron chi connectivity index (χ3n) is 3.47. The van der Waals surface area contributed by atoms with Crippen molar-refractivity contribution in [2.24, 2.45) is 5.92 Å². The maximum absolute atomic E-state index is 10.1. The molecule has 0 radical (unpaired) electrons. The van der Waals surface area contributed by atoms with Crippen LogP contribution in [0.15, 0.2) is 43.0 Å². The molecule has 1 saturated heterocycles. The van der Waals surface area contributed by atoms with E-state index in [-0.39, 0.29) is 12.0 Å². The third kappa shape index (κ3) is 3.42. The van der Waals surface area contributed by atoms with Crippen molar-refractivity contribution in [3.8, 4) is 0 Å². The first-order chi connectivity index (χ1) is 8.72. The van der Waals surface area contributed by atoms with Gasteiger partial charge >= 0.3 is 0 Å². The van der Waals surface area contributed by atoms with E-state index in [9.17, 15) is 10.2 Å². The second kappa shape index (κ2) is 6.14. The molecule has 3 heteroatoms. The van der Waals surface area contributed by atoms with Crippen LogP contribution in [0, 0.1) is 5.92 Å². The van der Waals surface area contributed by atoms with Crippen LogP contribution < -0.4 is 0 Å². The Kier molecular flexibility index (Phi) is 4.53. The number of rotatable bonds is 7. The highest BCUT2D eigenvalue weighted by atomic mass is 16.6. The smallest absolute Gasteiger partial charge is 0.107 e. The zero-order valence-corrected chi connectivity index (χ0v) is 10.4. The Morgan fingerprint density at radius 2 is 2.00 bits per heavy atom. The molecule has 2 rings (SSSR count). The maximum Gasteiger partial charge on any atom is 0.107 e. The molecule has 4 atom stereocenters. The summed E-state index contributed by atoms with van der Waals surface area (Å²) in [5.41, 5.74) is 1.21. The fourth-order valence-electron chi connectivity index (χ4n) is 2.22. The molecule has 0 aliphatic carbocycles. The van der Waals surface area contributed by atoms with Crippen molar-refractivity contribution in [1.29, 1.82) is 0 Å². The SMILES string of the molecule is C=CC(O)C(CCc1ccccc1)C(O)[C@H]1CO1. The molecule has 3 nitrogen and oxygen atoms in total. The number of hydrogen-bond acceptors (Lipinski definition) is 3. The number of ether oxygens (including phenoxy) is 1. The van der Waals surface area contributed by atoms with E-state index in [0.29, 0.717) is 6.61 Å². The van der Waals surface area contributed by atoms with Crippen LogP contribution in [0.5, 0.6) is 0 Å². The molecule has 1 aromatic carbocycles. The number of epoxide rings is 1. The monoisotopic (exact) mass is 248 g/mol. The highest BCUT2D eigenvalue weighted by Crippen LogP contribution is 2.26. The van der Waals surface area contributed by atoms with Gasteiger partial charge < -0.3 is 14.9 Å². The topological polar surface area (TPSA) is 53.0 Å². The Balaban J connectivity index is 1.94. The molecule has 0 saturated carbocycles. The van der Waals surface area contributed by atoms with E-state index >= 15 is 0 Å². The average Bonchev–Trinajstić information content (AvgIpc) is 3.24. The van der Waals surface area contributed by atoms with E-state index < -0.39 is 12.2 Å². The molecular formula is C15H20O3. The van der Waals surface area contributed by atoms with Gasteiger partial charge in [0.15, 0.2) is 0 Å². The summed E-state index contributed by atoms with van der Waals surface area (Å²) in [7, 11) is 0. The lowest BCUT2D eigenvalue weighted by Crippen LogP contribution is -2.34. The fourth-order valence-corrected chi connectivity index (χ4v) is 2.22. The minimum Gasteiger partial charge on any atom is -0.390 e. The second-order valence-corrected chi connectivity index (χ2v) is 4.78. The van der Waals surface area contributed by atoms with Crippen LogP contribution in [-0.2, 0) is 11.2 Å². The van der Waals surface area contributed by atoms with E-state index in [0.717, 1.165) is 12.8 Å². The van der Waals surface area contributed by atoms with Crippen molar-refractivity contribution >= 4 is 0 Å². The van der Waals surface area contributed by atoms with E-state index in [2.05, 4.69) is 18.7 Å². The third-order valence-corrected chi connectivity index (χ3v) is 3.47. The highest BCUT2D eigenvalue weighted by molar-refractivity contribution is 5.15. The molecule has 3 unspecified atom stereocenters. The van der Waals surface area contributed by atoms with Gasteiger partial charge in [0.1, 0.15) is 6.10 Å². The summed E-state index contributed by atoms with van der Waals surface area (Å²) in [4.78, 5) is 0. The van der Waals surface area contributed by atoms with Crippen molar-refractivity contribution in [1.82, 2.24) is 0 Å². The highest BCUT2D eigenvalue weighted by Gasteiger charge is 2.38. The second-order valence-electron chi connectivity index (χ2n) is 4.78. The van der Waals surface area contributed by atoms with Gasteiger partial charge in [-0.3, -0.25) is 0 Å². The van der Waals surface area contributed by atoms with Gasteiger partial charge in [-0.2, -0.15) is 0 Å². The Morgan fingerprint density at radius 1 is 1.33 bits per heavy atom. The molecule has 98 valence electrons. The molecule has 1 aliphatic heterocycles. The van der Waals surface area contributed by atoms with Crippen molar-refractivity contribution in [3.63, 3.8) is 0 Å². The van der Waals surface area contributed by atoms with Crippen molar-refractivity contribution in [2.45, 2.75) is 31.2 Å². The first kappa shape index (κ1) is 13.3. The van der Waals surface area contributed by atoms with Gasteiger partial charge in [0, 0.05) is 5.92 Å². The number of aryl methyl sites for hydroxylation is 1. The molecule has 1 fully saturated rings. The Hall–Kier alpha value is -1.16. The zero-order valence-electron chi connectivity index (χ0n) is 10.4. The van der Waals surface area contributed by atoms with Crippen LogP contribution in [0.1, 0.15) is 12.0 Å². The summed E-state index contributed by atoms with van der Waals surface area (Å²) < 4.78 is 5.10. The normalized spacial score (nSPS) is 23.1.